The minimum Gasteiger partial charge on any atom is -0.326 e. The van der Waals surface area contributed by atoms with E-state index < -0.39 is 5.56 Å². The first-order valence-electron chi connectivity index (χ1n) is 6.20. The second kappa shape index (κ2) is 6.72. The molecule has 0 aliphatic carbocycles. The number of nitrogens with zero attached hydrogens (tertiary/aromatic N) is 2. The summed E-state index contributed by atoms with van der Waals surface area (Å²) in [6.45, 7) is 1.14. The lowest BCUT2D eigenvalue weighted by atomic mass is 10.1. The van der Waals surface area contributed by atoms with Crippen molar-refractivity contribution < 1.29 is 9.59 Å². The number of aromatic nitrogens is 2. The van der Waals surface area contributed by atoms with Crippen molar-refractivity contribution in [3.8, 4) is 0 Å². The molecule has 1 aromatic heterocycles. The van der Waals surface area contributed by atoms with E-state index in [0.29, 0.717) is 11.3 Å². The van der Waals surface area contributed by atoms with Crippen LogP contribution >= 0.6 is 23.2 Å². The third-order valence-electron chi connectivity index (χ3n) is 2.76. The number of ketones is 1. The molecule has 22 heavy (non-hydrogen) atoms. The highest BCUT2D eigenvalue weighted by molar-refractivity contribution is 6.41. The first kappa shape index (κ1) is 16.2. The van der Waals surface area contributed by atoms with E-state index >= 15 is 0 Å². The zero-order chi connectivity index (χ0) is 16.3. The van der Waals surface area contributed by atoms with Gasteiger partial charge in [0.2, 0.25) is 5.91 Å². The van der Waals surface area contributed by atoms with E-state index in [0.717, 1.165) is 4.68 Å². The molecule has 0 atom stereocenters. The van der Waals surface area contributed by atoms with Gasteiger partial charge in [-0.15, -0.1) is 0 Å². The number of benzene rings is 1. The van der Waals surface area contributed by atoms with E-state index in [4.69, 9.17) is 23.2 Å². The Morgan fingerprint density at radius 2 is 1.86 bits per heavy atom. The number of Topliss-reactive ketones (excluding diaryl/α,β-unsaturated/α-hetero) is 1. The van der Waals surface area contributed by atoms with Gasteiger partial charge in [-0.2, -0.15) is 5.10 Å². The lowest BCUT2D eigenvalue weighted by Gasteiger charge is -2.06. The number of hydrogen-bond donors (Lipinski definition) is 1. The maximum atomic E-state index is 12.1. The van der Waals surface area contributed by atoms with Crippen molar-refractivity contribution in [2.45, 2.75) is 13.5 Å². The summed E-state index contributed by atoms with van der Waals surface area (Å²) < 4.78 is 0.943. The van der Waals surface area contributed by atoms with Gasteiger partial charge in [-0.1, -0.05) is 23.2 Å². The van der Waals surface area contributed by atoms with Crippen LogP contribution in [-0.4, -0.2) is 21.5 Å². The van der Waals surface area contributed by atoms with Gasteiger partial charge in [0.15, 0.2) is 5.78 Å². The Morgan fingerprint density at radius 1 is 1.23 bits per heavy atom. The van der Waals surface area contributed by atoms with Gasteiger partial charge in [0.1, 0.15) is 11.6 Å². The van der Waals surface area contributed by atoms with Crippen LogP contribution in [0.4, 0.5) is 5.69 Å². The lowest BCUT2D eigenvalue weighted by Crippen LogP contribution is -2.27. The molecule has 0 spiro atoms. The Balaban J connectivity index is 2.17. The van der Waals surface area contributed by atoms with E-state index in [-0.39, 0.29) is 28.3 Å². The molecule has 0 saturated carbocycles. The number of rotatable bonds is 4. The van der Waals surface area contributed by atoms with E-state index in [1.54, 1.807) is 24.3 Å². The van der Waals surface area contributed by atoms with Gasteiger partial charge in [-0.25, -0.2) is 4.68 Å². The van der Waals surface area contributed by atoms with Crippen LogP contribution in [0.2, 0.25) is 10.0 Å². The zero-order valence-corrected chi connectivity index (χ0v) is 13.0. The number of anilines is 1. The third-order valence-corrected chi connectivity index (χ3v) is 3.51. The Labute approximate surface area is 135 Å². The summed E-state index contributed by atoms with van der Waals surface area (Å²) in [5.74, 6) is -0.520. The maximum Gasteiger partial charge on any atom is 0.287 e. The quantitative estimate of drug-likeness (QED) is 0.867. The van der Waals surface area contributed by atoms with Crippen molar-refractivity contribution in [2.24, 2.45) is 0 Å². The van der Waals surface area contributed by atoms with Crippen LogP contribution in [0.1, 0.15) is 17.3 Å². The molecular formula is C14H11Cl2N3O3. The van der Waals surface area contributed by atoms with E-state index in [1.165, 1.54) is 13.1 Å². The fourth-order valence-corrected chi connectivity index (χ4v) is 2.00. The summed E-state index contributed by atoms with van der Waals surface area (Å²) in [4.78, 5) is 34.9. The molecule has 114 valence electrons. The summed E-state index contributed by atoms with van der Waals surface area (Å²) in [5, 5.41) is 6.23. The number of nitrogens with one attached hydrogen (secondary N) is 1. The van der Waals surface area contributed by atoms with Crippen molar-refractivity contribution in [2.75, 3.05) is 5.32 Å². The Bertz CT molecular complexity index is 785. The van der Waals surface area contributed by atoms with Crippen LogP contribution < -0.4 is 10.9 Å². The molecule has 0 bridgehead atoms. The number of amides is 1. The second-order valence-electron chi connectivity index (χ2n) is 4.45. The minimum absolute atomic E-state index is 0.0371. The molecule has 1 heterocycles. The van der Waals surface area contributed by atoms with Crippen LogP contribution in [0, 0.1) is 0 Å². The lowest BCUT2D eigenvalue weighted by molar-refractivity contribution is -0.114. The molecule has 0 saturated heterocycles. The van der Waals surface area contributed by atoms with Gasteiger partial charge in [0, 0.05) is 18.2 Å². The summed E-state index contributed by atoms with van der Waals surface area (Å²) >= 11 is 11.4. The zero-order valence-electron chi connectivity index (χ0n) is 11.5. The smallest absolute Gasteiger partial charge is 0.287 e. The van der Waals surface area contributed by atoms with Crippen LogP contribution in [0.15, 0.2) is 35.3 Å². The summed E-state index contributed by atoms with van der Waals surface area (Å²) in [7, 11) is 0. The highest BCUT2D eigenvalue weighted by atomic mass is 35.5. The van der Waals surface area contributed by atoms with E-state index in [2.05, 4.69) is 10.4 Å². The Kier molecular flexibility index (Phi) is 4.95. The summed E-state index contributed by atoms with van der Waals surface area (Å²) in [6.07, 6.45) is 1.21. The maximum absolute atomic E-state index is 12.1. The SMILES string of the molecule is CC(=O)Nc1ccc(C(=O)Cn2ncc(Cl)c(Cl)c2=O)cc1. The molecular weight excluding hydrogens is 329 g/mol. The number of carbonyl (C=O) groups is 2. The van der Waals surface area contributed by atoms with Gasteiger partial charge in [0.25, 0.3) is 5.56 Å². The number of carbonyl (C=O) groups excluding carboxylic acids is 2. The molecule has 0 aliphatic rings. The Hall–Kier alpha value is -2.18. The summed E-state index contributed by atoms with van der Waals surface area (Å²) in [6, 6.07) is 6.30. The topological polar surface area (TPSA) is 81.1 Å². The predicted molar refractivity (Wildman–Crippen MR) is 83.6 cm³/mol. The van der Waals surface area contributed by atoms with Gasteiger partial charge in [-0.05, 0) is 24.3 Å². The van der Waals surface area contributed by atoms with Crippen molar-refractivity contribution in [1.82, 2.24) is 9.78 Å². The highest BCUT2D eigenvalue weighted by Crippen LogP contribution is 2.15. The first-order chi connectivity index (χ1) is 10.4. The third kappa shape index (κ3) is 3.72. The van der Waals surface area contributed by atoms with Crippen LogP contribution in [0.25, 0.3) is 0 Å². The molecule has 2 aromatic rings. The van der Waals surface area contributed by atoms with Crippen molar-refractivity contribution in [3.05, 3.63) is 56.4 Å². The Morgan fingerprint density at radius 3 is 2.45 bits per heavy atom. The molecule has 1 aromatic carbocycles. The van der Waals surface area contributed by atoms with Crippen molar-refractivity contribution in [3.63, 3.8) is 0 Å². The van der Waals surface area contributed by atoms with Crippen LogP contribution in [0.3, 0.4) is 0 Å². The average molecular weight is 340 g/mol. The molecule has 0 unspecified atom stereocenters. The monoisotopic (exact) mass is 339 g/mol. The minimum atomic E-state index is -0.627. The number of hydrogen-bond acceptors (Lipinski definition) is 4. The van der Waals surface area contributed by atoms with Crippen molar-refractivity contribution in [1.29, 1.82) is 0 Å². The molecule has 2 rings (SSSR count). The average Bonchev–Trinajstić information content (AvgIpc) is 2.48. The van der Waals surface area contributed by atoms with Crippen molar-refractivity contribution >= 4 is 40.6 Å². The fourth-order valence-electron chi connectivity index (χ4n) is 1.73. The molecule has 6 nitrogen and oxygen atoms in total. The largest absolute Gasteiger partial charge is 0.326 e. The summed E-state index contributed by atoms with van der Waals surface area (Å²) in [5.41, 5.74) is 0.333. The molecule has 0 fully saturated rings. The van der Waals surface area contributed by atoms with Crippen LogP contribution in [-0.2, 0) is 11.3 Å². The van der Waals surface area contributed by atoms with Crippen LogP contribution in [0.5, 0.6) is 0 Å². The van der Waals surface area contributed by atoms with Gasteiger partial charge < -0.3 is 5.32 Å². The predicted octanol–water partition coefficient (Wildman–Crippen LogP) is 2.39. The first-order valence-corrected chi connectivity index (χ1v) is 6.96. The molecule has 0 aliphatic heterocycles. The van der Waals surface area contributed by atoms with Gasteiger partial charge >= 0.3 is 0 Å². The molecule has 8 heteroatoms. The molecule has 1 N–H and O–H groups in total. The second-order valence-corrected chi connectivity index (χ2v) is 5.24. The fraction of sp³-hybridized carbons (Fsp3) is 0.143. The molecule has 1 amide bonds. The normalized spacial score (nSPS) is 10.3. The molecule has 0 radical (unpaired) electrons. The standard InChI is InChI=1S/C14H11Cl2N3O3/c1-8(20)18-10-4-2-9(3-5-10)12(21)7-19-14(22)13(16)11(15)6-17-19/h2-6H,7H2,1H3,(H,18,20). The highest BCUT2D eigenvalue weighted by Gasteiger charge is 2.12. The number of halogens is 2. The van der Waals surface area contributed by atoms with Gasteiger partial charge in [0.05, 0.1) is 11.2 Å². The van der Waals surface area contributed by atoms with E-state index in [1.807, 2.05) is 0 Å². The van der Waals surface area contributed by atoms with E-state index in [9.17, 15) is 14.4 Å². The van der Waals surface area contributed by atoms with Gasteiger partial charge in [-0.3, -0.25) is 14.4 Å².